The average molecular weight is 557 g/mol. The van der Waals surface area contributed by atoms with Crippen LogP contribution < -0.4 is 9.62 Å². The molecule has 0 aliphatic rings. The first-order valence-electron chi connectivity index (χ1n) is 11.9. The summed E-state index contributed by atoms with van der Waals surface area (Å²) in [7, 11) is -3.55. The van der Waals surface area contributed by atoms with Gasteiger partial charge in [-0.15, -0.1) is 0 Å². The molecule has 7 nitrogen and oxygen atoms in total. The Kier molecular flexibility index (Phi) is 11.1. The Morgan fingerprint density at radius 2 is 1.67 bits per heavy atom. The number of halogens is 2. The van der Waals surface area contributed by atoms with Gasteiger partial charge in [-0.1, -0.05) is 48.3 Å². The molecule has 1 unspecified atom stereocenters. The summed E-state index contributed by atoms with van der Waals surface area (Å²) < 4.78 is 26.2. The van der Waals surface area contributed by atoms with E-state index in [0.717, 1.165) is 11.8 Å². The van der Waals surface area contributed by atoms with Crippen molar-refractivity contribution in [1.82, 2.24) is 10.2 Å². The summed E-state index contributed by atoms with van der Waals surface area (Å²) in [6.07, 6.45) is 1.86. The highest BCUT2D eigenvalue weighted by Gasteiger charge is 2.30. The van der Waals surface area contributed by atoms with Crippen molar-refractivity contribution in [3.63, 3.8) is 0 Å². The maximum atomic E-state index is 13.5. The molecule has 2 rings (SSSR count). The van der Waals surface area contributed by atoms with Crippen molar-refractivity contribution < 1.29 is 18.0 Å². The van der Waals surface area contributed by atoms with E-state index in [0.29, 0.717) is 27.7 Å². The molecule has 2 amide bonds. The summed E-state index contributed by atoms with van der Waals surface area (Å²) >= 11 is 12.7. The van der Waals surface area contributed by atoms with E-state index in [1.165, 1.54) is 9.21 Å². The number of aryl methyl sites for hydroxylation is 1. The minimum atomic E-state index is -3.55. The first kappa shape index (κ1) is 29.9. The van der Waals surface area contributed by atoms with Crippen molar-refractivity contribution in [3.8, 4) is 0 Å². The fourth-order valence-corrected chi connectivity index (χ4v) is 5.42. The molecule has 36 heavy (non-hydrogen) atoms. The lowest BCUT2D eigenvalue weighted by molar-refractivity contribution is -0.141. The highest BCUT2D eigenvalue weighted by Crippen LogP contribution is 2.27. The van der Waals surface area contributed by atoms with Crippen LogP contribution in [0.5, 0.6) is 0 Å². The van der Waals surface area contributed by atoms with E-state index in [1.54, 1.807) is 36.4 Å². The lowest BCUT2D eigenvalue weighted by Gasteiger charge is -2.32. The van der Waals surface area contributed by atoms with Crippen LogP contribution >= 0.6 is 23.2 Å². The lowest BCUT2D eigenvalue weighted by Crippen LogP contribution is -2.50. The molecule has 2 aromatic rings. The van der Waals surface area contributed by atoms with Gasteiger partial charge in [0, 0.05) is 41.2 Å². The van der Waals surface area contributed by atoms with Crippen molar-refractivity contribution in [1.29, 1.82) is 0 Å². The average Bonchev–Trinajstić information content (AvgIpc) is 2.77. The number of rotatable bonds is 12. The van der Waals surface area contributed by atoms with E-state index in [4.69, 9.17) is 23.2 Å². The predicted molar refractivity (Wildman–Crippen MR) is 147 cm³/mol. The number of hydrogen-bond donors (Lipinski definition) is 1. The van der Waals surface area contributed by atoms with Crippen LogP contribution in [0.3, 0.4) is 0 Å². The van der Waals surface area contributed by atoms with Gasteiger partial charge in [-0.25, -0.2) is 8.42 Å². The molecule has 2 aromatic carbocycles. The van der Waals surface area contributed by atoms with Gasteiger partial charge in [0.15, 0.2) is 0 Å². The van der Waals surface area contributed by atoms with Crippen LogP contribution in [-0.2, 0) is 26.2 Å². The summed E-state index contributed by atoms with van der Waals surface area (Å²) in [5.74, 6) is -0.545. The zero-order valence-corrected chi connectivity index (χ0v) is 23.8. The number of hydrogen-bond acceptors (Lipinski definition) is 4. The van der Waals surface area contributed by atoms with Crippen LogP contribution in [0.25, 0.3) is 0 Å². The monoisotopic (exact) mass is 555 g/mol. The number of anilines is 1. The van der Waals surface area contributed by atoms with E-state index in [-0.39, 0.29) is 43.8 Å². The fourth-order valence-electron chi connectivity index (χ4n) is 3.94. The molecular weight excluding hydrogens is 521 g/mol. The van der Waals surface area contributed by atoms with Crippen LogP contribution in [0.2, 0.25) is 10.0 Å². The standard InChI is InChI=1S/C26H35Cl2N3O4S/c1-6-24(26(33)29-18(2)3)30(17-21-22(27)12-8-13-23(21)28)25(32)14-9-15-31(36(5,34)35)20-11-7-10-19(4)16-20/h7-8,10-13,16,18,24H,6,9,14-15,17H2,1-5H3,(H,29,33). The molecule has 10 heteroatoms. The largest absolute Gasteiger partial charge is 0.352 e. The summed E-state index contributed by atoms with van der Waals surface area (Å²) in [6.45, 7) is 7.62. The van der Waals surface area contributed by atoms with Gasteiger partial charge in [-0.05, 0) is 63.4 Å². The van der Waals surface area contributed by atoms with Gasteiger partial charge in [0.25, 0.3) is 0 Å². The minimum absolute atomic E-state index is 0.0470. The van der Waals surface area contributed by atoms with Crippen LogP contribution in [0.1, 0.15) is 51.2 Å². The van der Waals surface area contributed by atoms with E-state index >= 15 is 0 Å². The van der Waals surface area contributed by atoms with Gasteiger partial charge in [0.2, 0.25) is 21.8 Å². The van der Waals surface area contributed by atoms with Crippen molar-refractivity contribution in [2.24, 2.45) is 0 Å². The second kappa shape index (κ2) is 13.3. The van der Waals surface area contributed by atoms with Crippen LogP contribution in [0.4, 0.5) is 5.69 Å². The molecule has 198 valence electrons. The predicted octanol–water partition coefficient (Wildman–Crippen LogP) is 5.18. The molecule has 0 heterocycles. The van der Waals surface area contributed by atoms with Gasteiger partial charge in [0.05, 0.1) is 11.9 Å². The molecular formula is C26H35Cl2N3O4S. The molecule has 1 N–H and O–H groups in total. The van der Waals surface area contributed by atoms with Crippen molar-refractivity contribution >= 4 is 50.7 Å². The van der Waals surface area contributed by atoms with Crippen LogP contribution in [0.15, 0.2) is 42.5 Å². The second-order valence-electron chi connectivity index (χ2n) is 9.09. The van der Waals surface area contributed by atoms with E-state index in [2.05, 4.69) is 5.32 Å². The van der Waals surface area contributed by atoms with Gasteiger partial charge in [-0.3, -0.25) is 13.9 Å². The molecule has 0 radical (unpaired) electrons. The first-order valence-corrected chi connectivity index (χ1v) is 14.5. The highest BCUT2D eigenvalue weighted by molar-refractivity contribution is 7.92. The molecule has 0 saturated heterocycles. The Hall–Kier alpha value is -2.29. The summed E-state index contributed by atoms with van der Waals surface area (Å²) in [4.78, 5) is 27.9. The number of benzene rings is 2. The number of sulfonamides is 1. The molecule has 1 atom stereocenters. The Bertz CT molecular complexity index is 1150. The smallest absolute Gasteiger partial charge is 0.243 e. The molecule has 0 aliphatic carbocycles. The zero-order valence-electron chi connectivity index (χ0n) is 21.4. The third kappa shape index (κ3) is 8.39. The van der Waals surface area contributed by atoms with Gasteiger partial charge in [0.1, 0.15) is 6.04 Å². The number of amides is 2. The Morgan fingerprint density at radius 3 is 2.19 bits per heavy atom. The van der Waals surface area contributed by atoms with Crippen molar-refractivity contribution in [2.45, 2.75) is 65.6 Å². The highest BCUT2D eigenvalue weighted by atomic mass is 35.5. The number of carbonyl (C=O) groups excluding carboxylic acids is 2. The topological polar surface area (TPSA) is 86.8 Å². The second-order valence-corrected chi connectivity index (χ2v) is 11.8. The zero-order chi connectivity index (χ0) is 27.0. The van der Waals surface area contributed by atoms with E-state index in [9.17, 15) is 18.0 Å². The molecule has 0 bridgehead atoms. The Morgan fingerprint density at radius 1 is 1.06 bits per heavy atom. The van der Waals surface area contributed by atoms with Crippen molar-refractivity contribution in [3.05, 3.63) is 63.6 Å². The molecule has 0 aliphatic heterocycles. The number of carbonyl (C=O) groups is 2. The van der Waals surface area contributed by atoms with Crippen LogP contribution in [-0.4, -0.2) is 50.0 Å². The Labute approximate surface area is 224 Å². The van der Waals surface area contributed by atoms with Gasteiger partial charge >= 0.3 is 0 Å². The molecule has 0 spiro atoms. The number of nitrogens with zero attached hydrogens (tertiary/aromatic N) is 2. The summed E-state index contributed by atoms with van der Waals surface area (Å²) in [6, 6.07) is 11.5. The first-order chi connectivity index (χ1) is 16.8. The van der Waals surface area contributed by atoms with Gasteiger partial charge in [-0.2, -0.15) is 0 Å². The summed E-state index contributed by atoms with van der Waals surface area (Å²) in [5.41, 5.74) is 2.04. The molecule has 0 saturated carbocycles. The Balaban J connectivity index is 2.28. The van der Waals surface area contributed by atoms with E-state index in [1.807, 2.05) is 33.8 Å². The maximum absolute atomic E-state index is 13.5. The fraction of sp³-hybridized carbons (Fsp3) is 0.462. The summed E-state index contributed by atoms with van der Waals surface area (Å²) in [5, 5.41) is 3.69. The van der Waals surface area contributed by atoms with E-state index < -0.39 is 16.1 Å². The quantitative estimate of drug-likeness (QED) is 0.391. The van der Waals surface area contributed by atoms with Crippen molar-refractivity contribution in [2.75, 3.05) is 17.1 Å². The molecule has 0 fully saturated rings. The SMILES string of the molecule is CCC(C(=O)NC(C)C)N(Cc1c(Cl)cccc1Cl)C(=O)CCCN(c1cccc(C)c1)S(C)(=O)=O. The van der Waals surface area contributed by atoms with Gasteiger partial charge < -0.3 is 10.2 Å². The number of nitrogens with one attached hydrogen (secondary N) is 1. The minimum Gasteiger partial charge on any atom is -0.352 e. The third-order valence-electron chi connectivity index (χ3n) is 5.65. The normalized spacial score (nSPS) is 12.3. The molecule has 0 aromatic heterocycles. The lowest BCUT2D eigenvalue weighted by atomic mass is 10.1. The van der Waals surface area contributed by atoms with Crippen LogP contribution in [0, 0.1) is 6.92 Å². The maximum Gasteiger partial charge on any atom is 0.243 e. The third-order valence-corrected chi connectivity index (χ3v) is 7.55.